The highest BCUT2D eigenvalue weighted by molar-refractivity contribution is 5.87. The average Bonchev–Trinajstić information content (AvgIpc) is 2.18. The van der Waals surface area contributed by atoms with E-state index in [1.807, 2.05) is 0 Å². The third-order valence-corrected chi connectivity index (χ3v) is 1.62. The molecule has 0 saturated carbocycles. The first-order valence-corrected chi connectivity index (χ1v) is 3.92. The van der Waals surface area contributed by atoms with Crippen LogP contribution in [0.25, 0.3) is 0 Å². The van der Waals surface area contributed by atoms with Crippen molar-refractivity contribution in [1.29, 1.82) is 0 Å². The van der Waals surface area contributed by atoms with Crippen molar-refractivity contribution in [3.63, 3.8) is 0 Å². The van der Waals surface area contributed by atoms with E-state index in [0.29, 0.717) is 6.42 Å². The third-order valence-electron chi connectivity index (χ3n) is 1.62. The molecule has 0 fully saturated rings. The monoisotopic (exact) mass is 181 g/mol. The van der Waals surface area contributed by atoms with Crippen LogP contribution < -0.4 is 0 Å². The predicted molar refractivity (Wildman–Crippen MR) is 46.4 cm³/mol. The van der Waals surface area contributed by atoms with Gasteiger partial charge in [-0.05, 0) is 24.1 Å². The summed E-state index contributed by atoms with van der Waals surface area (Å²) in [6.45, 7) is 0.0601. The maximum Gasteiger partial charge on any atom is 0.356 e. The molecule has 0 spiro atoms. The zero-order valence-corrected chi connectivity index (χ0v) is 7.36. The maximum atomic E-state index is 11.0. The Hall–Kier alpha value is -1.42. The highest BCUT2D eigenvalue weighted by Gasteiger charge is 2.06. The Morgan fingerprint density at radius 1 is 1.69 bits per heavy atom. The maximum absolute atomic E-state index is 11.0. The molecule has 0 unspecified atom stereocenters. The molecule has 0 saturated heterocycles. The number of aliphatic hydroxyl groups excluding tert-OH is 1. The van der Waals surface area contributed by atoms with E-state index < -0.39 is 5.97 Å². The molecule has 0 atom stereocenters. The molecular formula is C9H11NO3. The van der Waals surface area contributed by atoms with Crippen LogP contribution in [0.4, 0.5) is 0 Å². The highest BCUT2D eigenvalue weighted by atomic mass is 16.5. The van der Waals surface area contributed by atoms with Gasteiger partial charge in [-0.1, -0.05) is 0 Å². The number of aromatic nitrogens is 1. The van der Waals surface area contributed by atoms with Gasteiger partial charge in [-0.15, -0.1) is 0 Å². The van der Waals surface area contributed by atoms with Gasteiger partial charge in [0.05, 0.1) is 7.11 Å². The number of aliphatic hydroxyl groups is 1. The molecule has 0 aromatic carbocycles. The van der Waals surface area contributed by atoms with Crippen molar-refractivity contribution >= 4 is 5.97 Å². The minimum Gasteiger partial charge on any atom is -0.464 e. The first-order valence-electron chi connectivity index (χ1n) is 3.92. The quantitative estimate of drug-likeness (QED) is 0.686. The van der Waals surface area contributed by atoms with Crippen molar-refractivity contribution in [3.8, 4) is 0 Å². The lowest BCUT2D eigenvalue weighted by molar-refractivity contribution is 0.0594. The smallest absolute Gasteiger partial charge is 0.356 e. The van der Waals surface area contributed by atoms with E-state index in [1.165, 1.54) is 13.3 Å². The number of rotatable bonds is 3. The van der Waals surface area contributed by atoms with Gasteiger partial charge in [-0.2, -0.15) is 0 Å². The lowest BCUT2D eigenvalue weighted by atomic mass is 10.2. The number of ether oxygens (including phenoxy) is 1. The Morgan fingerprint density at radius 2 is 2.46 bits per heavy atom. The van der Waals surface area contributed by atoms with Crippen LogP contribution in [0.1, 0.15) is 16.1 Å². The van der Waals surface area contributed by atoms with Gasteiger partial charge in [0, 0.05) is 12.8 Å². The fourth-order valence-corrected chi connectivity index (χ4v) is 0.975. The Bertz CT molecular complexity index is 299. The summed E-state index contributed by atoms with van der Waals surface area (Å²) in [7, 11) is 1.31. The van der Waals surface area contributed by atoms with Crippen molar-refractivity contribution in [2.45, 2.75) is 6.42 Å². The standard InChI is InChI=1S/C9H11NO3/c1-13-9(12)8-6-7(3-5-11)2-4-10-8/h2,4,6,11H,3,5H2,1H3. The zero-order valence-electron chi connectivity index (χ0n) is 7.36. The van der Waals surface area contributed by atoms with Crippen molar-refractivity contribution in [2.75, 3.05) is 13.7 Å². The minimum absolute atomic E-state index is 0.0601. The van der Waals surface area contributed by atoms with Crippen LogP contribution in [0, 0.1) is 0 Å². The number of methoxy groups -OCH3 is 1. The molecule has 1 aromatic heterocycles. The van der Waals surface area contributed by atoms with E-state index in [4.69, 9.17) is 5.11 Å². The molecule has 0 amide bonds. The summed E-state index contributed by atoms with van der Waals surface area (Å²) in [4.78, 5) is 14.9. The SMILES string of the molecule is COC(=O)c1cc(CCO)ccn1. The molecule has 0 bridgehead atoms. The van der Waals surface area contributed by atoms with E-state index in [9.17, 15) is 4.79 Å². The van der Waals surface area contributed by atoms with Gasteiger partial charge in [0.2, 0.25) is 0 Å². The second-order valence-electron chi connectivity index (χ2n) is 2.51. The highest BCUT2D eigenvalue weighted by Crippen LogP contribution is 2.03. The van der Waals surface area contributed by atoms with E-state index in [0.717, 1.165) is 5.56 Å². The van der Waals surface area contributed by atoms with Crippen LogP contribution in [0.3, 0.4) is 0 Å². The number of hydrogen-bond acceptors (Lipinski definition) is 4. The largest absolute Gasteiger partial charge is 0.464 e. The number of carbonyl (C=O) groups excluding carboxylic acids is 1. The van der Waals surface area contributed by atoms with Gasteiger partial charge in [0.25, 0.3) is 0 Å². The number of pyridine rings is 1. The first-order chi connectivity index (χ1) is 6.27. The summed E-state index contributed by atoms with van der Waals surface area (Å²) in [5.74, 6) is -0.459. The van der Waals surface area contributed by atoms with Gasteiger partial charge >= 0.3 is 5.97 Å². The number of nitrogens with zero attached hydrogens (tertiary/aromatic N) is 1. The van der Waals surface area contributed by atoms with Crippen molar-refractivity contribution in [1.82, 2.24) is 4.98 Å². The third kappa shape index (κ3) is 2.52. The molecule has 4 nitrogen and oxygen atoms in total. The zero-order chi connectivity index (χ0) is 9.68. The van der Waals surface area contributed by atoms with Crippen LogP contribution in [0.15, 0.2) is 18.3 Å². The lowest BCUT2D eigenvalue weighted by Crippen LogP contribution is -2.05. The van der Waals surface area contributed by atoms with E-state index >= 15 is 0 Å². The fraction of sp³-hybridized carbons (Fsp3) is 0.333. The van der Waals surface area contributed by atoms with E-state index in [2.05, 4.69) is 9.72 Å². The molecule has 1 heterocycles. The van der Waals surface area contributed by atoms with Crippen LogP contribution in [-0.4, -0.2) is 29.8 Å². The Kier molecular flexibility index (Phi) is 3.40. The molecule has 70 valence electrons. The van der Waals surface area contributed by atoms with Crippen molar-refractivity contribution in [2.24, 2.45) is 0 Å². The molecule has 1 N–H and O–H groups in total. The lowest BCUT2D eigenvalue weighted by Gasteiger charge is -2.00. The van der Waals surface area contributed by atoms with Gasteiger partial charge in [0.15, 0.2) is 0 Å². The second kappa shape index (κ2) is 4.57. The van der Waals surface area contributed by atoms with Crippen molar-refractivity contribution in [3.05, 3.63) is 29.6 Å². The molecule has 0 aliphatic carbocycles. The molecular weight excluding hydrogens is 170 g/mol. The van der Waals surface area contributed by atoms with Crippen molar-refractivity contribution < 1.29 is 14.6 Å². The van der Waals surface area contributed by atoms with Gasteiger partial charge in [-0.3, -0.25) is 0 Å². The Balaban J connectivity index is 2.85. The van der Waals surface area contributed by atoms with Crippen LogP contribution in [0.2, 0.25) is 0 Å². The van der Waals surface area contributed by atoms with E-state index in [1.54, 1.807) is 12.1 Å². The summed E-state index contributed by atoms with van der Waals surface area (Å²) < 4.78 is 4.51. The Morgan fingerprint density at radius 3 is 3.08 bits per heavy atom. The topological polar surface area (TPSA) is 59.4 Å². The van der Waals surface area contributed by atoms with Gasteiger partial charge in [0.1, 0.15) is 5.69 Å². The normalized spacial score (nSPS) is 9.69. The summed E-state index contributed by atoms with van der Waals surface area (Å²) in [6.07, 6.45) is 2.05. The van der Waals surface area contributed by atoms with Crippen LogP contribution in [0.5, 0.6) is 0 Å². The summed E-state index contributed by atoms with van der Waals surface area (Å²) in [5, 5.41) is 8.67. The van der Waals surface area contributed by atoms with Gasteiger partial charge in [-0.25, -0.2) is 9.78 Å². The second-order valence-corrected chi connectivity index (χ2v) is 2.51. The molecule has 1 aromatic rings. The van der Waals surface area contributed by atoms with E-state index in [-0.39, 0.29) is 12.3 Å². The van der Waals surface area contributed by atoms with Gasteiger partial charge < -0.3 is 9.84 Å². The molecule has 1 rings (SSSR count). The Labute approximate surface area is 76.2 Å². The average molecular weight is 181 g/mol. The summed E-state index contributed by atoms with van der Waals surface area (Å²) in [6, 6.07) is 3.37. The van der Waals surface area contributed by atoms with Crippen LogP contribution in [-0.2, 0) is 11.2 Å². The number of hydrogen-bond donors (Lipinski definition) is 1. The number of carbonyl (C=O) groups is 1. The molecule has 4 heteroatoms. The fourth-order valence-electron chi connectivity index (χ4n) is 0.975. The molecule has 0 aliphatic rings. The molecule has 0 radical (unpaired) electrons. The molecule has 0 aliphatic heterocycles. The molecule has 13 heavy (non-hydrogen) atoms. The first kappa shape index (κ1) is 9.67. The minimum atomic E-state index is -0.459. The summed E-state index contributed by atoms with van der Waals surface area (Å²) >= 11 is 0. The predicted octanol–water partition coefficient (Wildman–Crippen LogP) is 0.403. The summed E-state index contributed by atoms with van der Waals surface area (Å²) in [5.41, 5.74) is 1.14. The number of esters is 1. The van der Waals surface area contributed by atoms with Crippen LogP contribution >= 0.6 is 0 Å².